The molecule has 0 unspecified atom stereocenters. The fourth-order valence-corrected chi connectivity index (χ4v) is 1.31. The zero-order valence-electron chi connectivity index (χ0n) is 7.14. The number of ether oxygens (including phenoxy) is 1. The Morgan fingerprint density at radius 2 is 2.08 bits per heavy atom. The molecule has 0 fully saturated rings. The molecular weight excluding hydrogens is 167 g/mol. The molecule has 0 aliphatic carbocycles. The van der Waals surface area contributed by atoms with Gasteiger partial charge in [-0.05, 0) is 29.3 Å². The largest absolute Gasteiger partial charge is 0.488 e. The van der Waals surface area contributed by atoms with Gasteiger partial charge in [-0.2, -0.15) is 0 Å². The Balaban J connectivity index is 2.58. The number of hydrogen-bond acceptors (Lipinski definition) is 1. The highest BCUT2D eigenvalue weighted by Crippen LogP contribution is 2.34. The van der Waals surface area contributed by atoms with Crippen molar-refractivity contribution in [1.29, 1.82) is 0 Å². The van der Waals surface area contributed by atoms with Crippen LogP contribution in [-0.4, -0.2) is 6.61 Å². The second-order valence-corrected chi connectivity index (χ2v) is 3.01. The molecule has 2 rings (SSSR count). The minimum Gasteiger partial charge on any atom is -0.488 e. The molecule has 1 heterocycles. The molecule has 0 N–H and O–H groups in total. The highest BCUT2D eigenvalue weighted by atomic mass is 19.1. The topological polar surface area (TPSA) is 9.23 Å². The lowest BCUT2D eigenvalue weighted by Gasteiger charge is -2.20. The highest BCUT2D eigenvalue weighted by Gasteiger charge is 2.16. The van der Waals surface area contributed by atoms with Gasteiger partial charge in [0.2, 0.25) is 0 Å². The Kier molecular flexibility index (Phi) is 1.69. The average Bonchev–Trinajstić information content (AvgIpc) is 2.12. The Labute approximate surface area is 76.2 Å². The van der Waals surface area contributed by atoms with Gasteiger partial charge in [0.25, 0.3) is 0 Å². The van der Waals surface area contributed by atoms with E-state index >= 15 is 0 Å². The summed E-state index contributed by atoms with van der Waals surface area (Å²) >= 11 is 0. The normalized spacial score (nSPS) is 15.2. The van der Waals surface area contributed by atoms with E-state index < -0.39 is 0 Å². The van der Waals surface area contributed by atoms with E-state index in [0.29, 0.717) is 17.9 Å². The first kappa shape index (κ1) is 8.05. The number of benzene rings is 1. The van der Waals surface area contributed by atoms with Crippen molar-refractivity contribution >= 4 is 5.57 Å². The van der Waals surface area contributed by atoms with Crippen LogP contribution in [0, 0.1) is 5.82 Å². The minimum absolute atomic E-state index is 0.279. The highest BCUT2D eigenvalue weighted by molar-refractivity contribution is 5.81. The van der Waals surface area contributed by atoms with E-state index in [-0.39, 0.29) is 5.82 Å². The van der Waals surface area contributed by atoms with Gasteiger partial charge in [0, 0.05) is 5.56 Å². The maximum absolute atomic E-state index is 12.9. The Hall–Kier alpha value is -1.57. The van der Waals surface area contributed by atoms with E-state index in [9.17, 15) is 4.39 Å². The van der Waals surface area contributed by atoms with Gasteiger partial charge in [-0.1, -0.05) is 13.2 Å². The summed E-state index contributed by atoms with van der Waals surface area (Å²) in [6.45, 7) is 8.05. The number of halogens is 1. The minimum atomic E-state index is -0.279. The van der Waals surface area contributed by atoms with Crippen molar-refractivity contribution in [2.45, 2.75) is 0 Å². The maximum atomic E-state index is 12.9. The van der Waals surface area contributed by atoms with Gasteiger partial charge in [0.15, 0.2) is 0 Å². The molecule has 13 heavy (non-hydrogen) atoms. The van der Waals surface area contributed by atoms with E-state index in [1.54, 1.807) is 6.07 Å². The van der Waals surface area contributed by atoms with E-state index in [1.807, 2.05) is 0 Å². The van der Waals surface area contributed by atoms with Crippen LogP contribution in [0.4, 0.5) is 4.39 Å². The van der Waals surface area contributed by atoms with E-state index in [4.69, 9.17) is 4.74 Å². The molecule has 0 saturated carbocycles. The molecule has 1 aliphatic heterocycles. The molecule has 0 radical (unpaired) electrons. The summed E-state index contributed by atoms with van der Waals surface area (Å²) in [5, 5.41) is 0. The molecule has 0 atom stereocenters. The number of fused-ring (bicyclic) bond motifs is 1. The van der Waals surface area contributed by atoms with Crippen molar-refractivity contribution in [3.63, 3.8) is 0 Å². The summed E-state index contributed by atoms with van der Waals surface area (Å²) in [7, 11) is 0. The predicted octanol–water partition coefficient (Wildman–Crippen LogP) is 2.79. The van der Waals surface area contributed by atoms with Crippen LogP contribution in [0.5, 0.6) is 5.75 Å². The third kappa shape index (κ3) is 1.24. The average molecular weight is 176 g/mol. The molecule has 0 amide bonds. The lowest BCUT2D eigenvalue weighted by Crippen LogP contribution is -2.09. The summed E-state index contributed by atoms with van der Waals surface area (Å²) < 4.78 is 18.2. The quantitative estimate of drug-likeness (QED) is 0.590. The molecule has 2 heteroatoms. The number of hydrogen-bond donors (Lipinski definition) is 0. The smallest absolute Gasteiger partial charge is 0.127 e. The first-order valence-corrected chi connectivity index (χ1v) is 3.98. The van der Waals surface area contributed by atoms with Crippen LogP contribution in [-0.2, 0) is 0 Å². The van der Waals surface area contributed by atoms with Crippen LogP contribution in [0.3, 0.4) is 0 Å². The van der Waals surface area contributed by atoms with Crippen molar-refractivity contribution in [3.8, 4) is 5.75 Å². The third-order valence-corrected chi connectivity index (χ3v) is 2.10. The Morgan fingerprint density at radius 1 is 1.31 bits per heavy atom. The SMILES string of the molecule is C=C1COc2ccc(F)cc2C1=C. The van der Waals surface area contributed by atoms with Gasteiger partial charge in [-0.15, -0.1) is 0 Å². The van der Waals surface area contributed by atoms with Gasteiger partial charge < -0.3 is 4.74 Å². The fraction of sp³-hybridized carbons (Fsp3) is 0.0909. The monoisotopic (exact) mass is 176 g/mol. The molecule has 66 valence electrons. The second-order valence-electron chi connectivity index (χ2n) is 3.01. The molecule has 1 aromatic carbocycles. The third-order valence-electron chi connectivity index (χ3n) is 2.10. The van der Waals surface area contributed by atoms with Crippen LogP contribution in [0.2, 0.25) is 0 Å². The van der Waals surface area contributed by atoms with Crippen molar-refractivity contribution < 1.29 is 9.13 Å². The van der Waals surface area contributed by atoms with Crippen molar-refractivity contribution in [2.24, 2.45) is 0 Å². The van der Waals surface area contributed by atoms with Crippen LogP contribution in [0.1, 0.15) is 5.56 Å². The zero-order chi connectivity index (χ0) is 9.42. The molecule has 0 bridgehead atoms. The van der Waals surface area contributed by atoms with Gasteiger partial charge in [-0.3, -0.25) is 0 Å². The molecule has 0 spiro atoms. The summed E-state index contributed by atoms with van der Waals surface area (Å²) in [5.74, 6) is 0.400. The van der Waals surface area contributed by atoms with Crippen LogP contribution < -0.4 is 4.74 Å². The molecule has 0 saturated heterocycles. The molecule has 0 aromatic heterocycles. The standard InChI is InChI=1S/C11H9FO/c1-7-6-13-11-4-3-9(12)5-10(11)8(7)2/h3-5H,1-2,6H2. The molecule has 1 aliphatic rings. The zero-order valence-corrected chi connectivity index (χ0v) is 7.14. The molecule has 1 aromatic rings. The first-order chi connectivity index (χ1) is 6.18. The van der Waals surface area contributed by atoms with Crippen LogP contribution >= 0.6 is 0 Å². The predicted molar refractivity (Wildman–Crippen MR) is 50.1 cm³/mol. The van der Waals surface area contributed by atoms with Crippen LogP contribution in [0.25, 0.3) is 5.57 Å². The van der Waals surface area contributed by atoms with E-state index in [2.05, 4.69) is 13.2 Å². The van der Waals surface area contributed by atoms with Gasteiger partial charge in [0.05, 0.1) is 0 Å². The summed E-state index contributed by atoms with van der Waals surface area (Å²) in [6.07, 6.45) is 0. The molecular formula is C11H9FO. The lowest BCUT2D eigenvalue weighted by molar-refractivity contribution is 0.348. The number of rotatable bonds is 0. The van der Waals surface area contributed by atoms with Crippen molar-refractivity contribution in [3.05, 3.63) is 48.3 Å². The summed E-state index contributed by atoms with van der Waals surface area (Å²) in [5.41, 5.74) is 2.27. The lowest BCUT2D eigenvalue weighted by atomic mass is 9.98. The van der Waals surface area contributed by atoms with Gasteiger partial charge in [0.1, 0.15) is 18.2 Å². The van der Waals surface area contributed by atoms with Crippen LogP contribution in [0.15, 0.2) is 36.9 Å². The fourth-order valence-electron chi connectivity index (χ4n) is 1.31. The second kappa shape index (κ2) is 2.73. The first-order valence-electron chi connectivity index (χ1n) is 3.98. The van der Waals surface area contributed by atoms with Gasteiger partial charge in [-0.25, -0.2) is 4.39 Å². The van der Waals surface area contributed by atoms with E-state index in [1.165, 1.54) is 12.1 Å². The Bertz CT molecular complexity index is 393. The van der Waals surface area contributed by atoms with Gasteiger partial charge >= 0.3 is 0 Å². The summed E-state index contributed by atoms with van der Waals surface area (Å²) in [4.78, 5) is 0. The maximum Gasteiger partial charge on any atom is 0.127 e. The van der Waals surface area contributed by atoms with E-state index in [0.717, 1.165) is 11.1 Å². The Morgan fingerprint density at radius 3 is 2.85 bits per heavy atom. The van der Waals surface area contributed by atoms with Crippen molar-refractivity contribution in [1.82, 2.24) is 0 Å². The van der Waals surface area contributed by atoms with Crippen molar-refractivity contribution in [2.75, 3.05) is 6.61 Å². The molecule has 1 nitrogen and oxygen atoms in total. The summed E-state index contributed by atoms with van der Waals surface area (Å²) in [6, 6.07) is 4.41.